The Kier molecular flexibility index (Phi) is 4.49. The van der Waals surface area contributed by atoms with Crippen LogP contribution in [0.5, 0.6) is 0 Å². The number of anilines is 2. The fourth-order valence-electron chi connectivity index (χ4n) is 2.25. The van der Waals surface area contributed by atoms with Crippen LogP contribution in [0, 0.1) is 0 Å². The topological polar surface area (TPSA) is 82.8 Å². The summed E-state index contributed by atoms with van der Waals surface area (Å²) < 4.78 is 0. The van der Waals surface area contributed by atoms with Gasteiger partial charge in [-0.15, -0.1) is 22.7 Å². The molecule has 0 bridgehead atoms. The quantitative estimate of drug-likeness (QED) is 0.665. The predicted molar refractivity (Wildman–Crippen MR) is 106 cm³/mol. The lowest BCUT2D eigenvalue weighted by Gasteiger charge is -2.06. The molecule has 10 heteroatoms. The number of halogens is 1. The molecule has 26 heavy (non-hydrogen) atoms. The van der Waals surface area contributed by atoms with Crippen LogP contribution in [0.25, 0.3) is 11.3 Å². The molecule has 1 aromatic carbocycles. The molecule has 4 rings (SSSR count). The molecule has 1 aliphatic heterocycles. The zero-order chi connectivity index (χ0) is 18.1. The number of nitrogens with one attached hydrogen (secondary N) is 1. The van der Waals surface area contributed by atoms with Crippen LogP contribution in [-0.2, 0) is 4.79 Å². The Morgan fingerprint density at radius 3 is 2.77 bits per heavy atom. The molecular weight excluding hydrogens is 392 g/mol. The third-order valence-corrected chi connectivity index (χ3v) is 5.24. The molecule has 2 aromatic heterocycles. The van der Waals surface area contributed by atoms with E-state index in [0.29, 0.717) is 21.0 Å². The van der Waals surface area contributed by atoms with Gasteiger partial charge in [-0.2, -0.15) is 15.2 Å². The van der Waals surface area contributed by atoms with Gasteiger partial charge in [0.05, 0.1) is 11.4 Å². The summed E-state index contributed by atoms with van der Waals surface area (Å²) >= 11 is 8.65. The molecule has 1 aliphatic rings. The van der Waals surface area contributed by atoms with Gasteiger partial charge in [0, 0.05) is 27.5 Å². The molecule has 130 valence electrons. The summed E-state index contributed by atoms with van der Waals surface area (Å²) in [6.07, 6.45) is 1.66. The lowest BCUT2D eigenvalue weighted by atomic mass is 10.2. The molecule has 1 N–H and O–H groups in total. The summed E-state index contributed by atoms with van der Waals surface area (Å²) in [4.78, 5) is 21.2. The molecule has 7 nitrogen and oxygen atoms in total. The van der Waals surface area contributed by atoms with E-state index in [-0.39, 0.29) is 11.6 Å². The van der Waals surface area contributed by atoms with Crippen LogP contribution in [0.15, 0.2) is 51.4 Å². The van der Waals surface area contributed by atoms with Crippen molar-refractivity contribution in [2.75, 3.05) is 10.4 Å². The Morgan fingerprint density at radius 1 is 1.23 bits per heavy atom. The van der Waals surface area contributed by atoms with E-state index in [4.69, 9.17) is 11.6 Å². The number of hydrogen-bond donors (Lipinski definition) is 1. The molecule has 0 spiro atoms. The normalized spacial score (nSPS) is 15.6. The highest BCUT2D eigenvalue weighted by Crippen LogP contribution is 2.30. The van der Waals surface area contributed by atoms with Crippen molar-refractivity contribution in [3.63, 3.8) is 0 Å². The highest BCUT2D eigenvalue weighted by atomic mass is 35.5. The fourth-order valence-corrected chi connectivity index (χ4v) is 3.63. The number of carbonyl (C=O) groups excluding carboxylic acids is 1. The van der Waals surface area contributed by atoms with Crippen LogP contribution in [0.1, 0.15) is 6.92 Å². The maximum absolute atomic E-state index is 12.6. The maximum Gasteiger partial charge on any atom is 0.303 e. The number of amides is 1. The number of carbonyl (C=O) groups is 1. The van der Waals surface area contributed by atoms with Crippen LogP contribution in [-0.4, -0.2) is 27.3 Å². The van der Waals surface area contributed by atoms with Gasteiger partial charge in [0.2, 0.25) is 10.3 Å². The van der Waals surface area contributed by atoms with E-state index >= 15 is 0 Å². The lowest BCUT2D eigenvalue weighted by Crippen LogP contribution is -2.27. The average molecular weight is 403 g/mol. The maximum atomic E-state index is 12.6. The van der Waals surface area contributed by atoms with Crippen LogP contribution >= 0.6 is 34.3 Å². The van der Waals surface area contributed by atoms with Crippen molar-refractivity contribution in [2.45, 2.75) is 6.92 Å². The first-order valence-corrected chi connectivity index (χ1v) is 9.60. The second-order valence-corrected chi connectivity index (χ2v) is 7.40. The summed E-state index contributed by atoms with van der Waals surface area (Å²) in [6, 6.07) is 7.36. The van der Waals surface area contributed by atoms with E-state index in [1.165, 1.54) is 27.7 Å². The third-order valence-electron chi connectivity index (χ3n) is 3.50. The van der Waals surface area contributed by atoms with Gasteiger partial charge in [0.15, 0.2) is 5.71 Å². The van der Waals surface area contributed by atoms with E-state index in [0.717, 1.165) is 11.3 Å². The SMILES string of the molecule is CC1=NN(c2nc(-c3ccc(Cl)cc3)cs2)C(=O)/C1=N/Nc1nccs1. The third kappa shape index (κ3) is 3.24. The summed E-state index contributed by atoms with van der Waals surface area (Å²) in [5.41, 5.74) is 5.21. The van der Waals surface area contributed by atoms with Crippen molar-refractivity contribution in [1.29, 1.82) is 0 Å². The molecule has 1 amide bonds. The molecule has 0 aliphatic carbocycles. The van der Waals surface area contributed by atoms with Crippen molar-refractivity contribution in [3.8, 4) is 11.3 Å². The molecule has 0 saturated carbocycles. The fraction of sp³-hybridized carbons (Fsp3) is 0.0625. The van der Waals surface area contributed by atoms with Crippen molar-refractivity contribution >= 4 is 61.9 Å². The molecule has 3 aromatic rings. The molecular formula is C16H11ClN6OS2. The van der Waals surface area contributed by atoms with Crippen molar-refractivity contribution in [2.24, 2.45) is 10.2 Å². The highest BCUT2D eigenvalue weighted by Gasteiger charge is 2.32. The number of hydrazone groups is 2. The van der Waals surface area contributed by atoms with E-state index in [9.17, 15) is 4.79 Å². The first-order chi connectivity index (χ1) is 12.6. The predicted octanol–water partition coefficient (Wildman–Crippen LogP) is 4.11. The van der Waals surface area contributed by atoms with Crippen LogP contribution in [0.3, 0.4) is 0 Å². The van der Waals surface area contributed by atoms with E-state index in [1.54, 1.807) is 25.3 Å². The van der Waals surface area contributed by atoms with Gasteiger partial charge in [-0.3, -0.25) is 10.2 Å². The smallest absolute Gasteiger partial charge is 0.265 e. The van der Waals surface area contributed by atoms with Gasteiger partial charge in [0.1, 0.15) is 0 Å². The number of aromatic nitrogens is 2. The Bertz CT molecular complexity index is 1010. The monoisotopic (exact) mass is 402 g/mol. The molecule has 0 radical (unpaired) electrons. The van der Waals surface area contributed by atoms with Gasteiger partial charge >= 0.3 is 5.91 Å². The largest absolute Gasteiger partial charge is 0.303 e. The van der Waals surface area contributed by atoms with Gasteiger partial charge in [-0.25, -0.2) is 9.97 Å². The van der Waals surface area contributed by atoms with E-state index in [1.807, 2.05) is 22.9 Å². The number of hydrogen-bond acceptors (Lipinski definition) is 8. The second-order valence-electron chi connectivity index (χ2n) is 5.23. The summed E-state index contributed by atoms with van der Waals surface area (Å²) in [5.74, 6) is -0.330. The van der Waals surface area contributed by atoms with Crippen molar-refractivity contribution < 1.29 is 4.79 Å². The van der Waals surface area contributed by atoms with Crippen molar-refractivity contribution in [1.82, 2.24) is 9.97 Å². The van der Waals surface area contributed by atoms with Gasteiger partial charge in [-0.05, 0) is 19.1 Å². The van der Waals surface area contributed by atoms with E-state index in [2.05, 4.69) is 25.6 Å². The Hall–Kier alpha value is -2.62. The zero-order valence-corrected chi connectivity index (χ0v) is 15.8. The molecule has 0 unspecified atom stereocenters. The molecule has 3 heterocycles. The first kappa shape index (κ1) is 16.8. The summed E-state index contributed by atoms with van der Waals surface area (Å²) in [5, 5.41) is 15.1. The van der Waals surface area contributed by atoms with Crippen LogP contribution in [0.4, 0.5) is 10.3 Å². The Morgan fingerprint density at radius 2 is 2.04 bits per heavy atom. The lowest BCUT2D eigenvalue weighted by molar-refractivity contribution is -0.112. The minimum atomic E-state index is -0.330. The molecule has 0 saturated heterocycles. The Balaban J connectivity index is 1.56. The molecule has 0 atom stereocenters. The van der Waals surface area contributed by atoms with Gasteiger partial charge in [-0.1, -0.05) is 23.7 Å². The summed E-state index contributed by atoms with van der Waals surface area (Å²) in [6.45, 7) is 1.73. The standard InChI is InChI=1S/C16H11ClN6OS2/c1-9-13(20-21-15-18-6-7-25-15)14(24)23(22-9)16-19-12(8-26-16)10-2-4-11(17)5-3-10/h2-8H,1H3,(H,18,21)/b20-13+. The average Bonchev–Trinajstić information content (AvgIpc) is 3.36. The molecule has 0 fully saturated rings. The number of thiazole rings is 2. The second kappa shape index (κ2) is 6.94. The minimum Gasteiger partial charge on any atom is -0.265 e. The van der Waals surface area contributed by atoms with Crippen molar-refractivity contribution in [3.05, 3.63) is 46.2 Å². The van der Waals surface area contributed by atoms with Crippen LogP contribution < -0.4 is 10.4 Å². The number of benzene rings is 1. The number of nitrogens with zero attached hydrogens (tertiary/aromatic N) is 5. The summed E-state index contributed by atoms with van der Waals surface area (Å²) in [7, 11) is 0. The zero-order valence-electron chi connectivity index (χ0n) is 13.4. The van der Waals surface area contributed by atoms with Gasteiger partial charge in [0.25, 0.3) is 0 Å². The minimum absolute atomic E-state index is 0.239. The highest BCUT2D eigenvalue weighted by molar-refractivity contribution is 7.14. The van der Waals surface area contributed by atoms with E-state index < -0.39 is 0 Å². The van der Waals surface area contributed by atoms with Crippen LogP contribution in [0.2, 0.25) is 5.02 Å². The first-order valence-electron chi connectivity index (χ1n) is 7.46. The Labute approximate surface area is 161 Å². The number of rotatable bonds is 4. The van der Waals surface area contributed by atoms with Gasteiger partial charge < -0.3 is 0 Å².